The lowest BCUT2D eigenvalue weighted by Gasteiger charge is -2.17. The SMILES string of the molecule is Cc1oc(-c2ccccc2)nc1CCOc1ccc(C[C@H](NC(=O)C(F)(F)F)C(N)=O)cc1. The highest BCUT2D eigenvalue weighted by molar-refractivity contribution is 5.89. The lowest BCUT2D eigenvalue weighted by molar-refractivity contribution is -0.174. The Balaban J connectivity index is 1.54. The molecular weight excluding hydrogens is 439 g/mol. The Hall–Kier alpha value is -3.82. The number of oxazole rings is 1. The smallest absolute Gasteiger partial charge is 0.471 e. The second-order valence-corrected chi connectivity index (χ2v) is 7.26. The molecule has 0 bridgehead atoms. The number of primary amides is 1. The van der Waals surface area contributed by atoms with E-state index in [1.54, 1.807) is 29.6 Å². The van der Waals surface area contributed by atoms with Crippen LogP contribution in [0.2, 0.25) is 0 Å². The summed E-state index contributed by atoms with van der Waals surface area (Å²) >= 11 is 0. The van der Waals surface area contributed by atoms with E-state index in [0.717, 1.165) is 11.3 Å². The highest BCUT2D eigenvalue weighted by atomic mass is 19.4. The van der Waals surface area contributed by atoms with Crippen molar-refractivity contribution >= 4 is 11.8 Å². The molecule has 3 N–H and O–H groups in total. The Bertz CT molecular complexity index is 1100. The minimum Gasteiger partial charge on any atom is -0.493 e. The summed E-state index contributed by atoms with van der Waals surface area (Å²) in [5.41, 5.74) is 7.28. The summed E-state index contributed by atoms with van der Waals surface area (Å²) in [5, 5.41) is 1.61. The number of benzene rings is 2. The minimum atomic E-state index is -5.10. The topological polar surface area (TPSA) is 107 Å². The van der Waals surface area contributed by atoms with Crippen LogP contribution >= 0.6 is 0 Å². The van der Waals surface area contributed by atoms with Gasteiger partial charge >= 0.3 is 12.1 Å². The van der Waals surface area contributed by atoms with E-state index < -0.39 is 24.0 Å². The molecule has 1 aromatic heterocycles. The number of nitrogens with zero attached hydrogens (tertiary/aromatic N) is 1. The Morgan fingerprint density at radius 3 is 2.39 bits per heavy atom. The van der Waals surface area contributed by atoms with Gasteiger partial charge in [0.2, 0.25) is 11.8 Å². The van der Waals surface area contributed by atoms with E-state index in [-0.39, 0.29) is 6.42 Å². The van der Waals surface area contributed by atoms with Gasteiger partial charge in [-0.15, -0.1) is 0 Å². The van der Waals surface area contributed by atoms with Crippen molar-refractivity contribution in [2.45, 2.75) is 32.0 Å². The minimum absolute atomic E-state index is 0.183. The quantitative estimate of drug-likeness (QED) is 0.508. The van der Waals surface area contributed by atoms with Gasteiger partial charge in [0.1, 0.15) is 17.6 Å². The largest absolute Gasteiger partial charge is 0.493 e. The van der Waals surface area contributed by atoms with Gasteiger partial charge in [0.05, 0.1) is 12.3 Å². The van der Waals surface area contributed by atoms with Crippen LogP contribution in [-0.4, -0.2) is 35.6 Å². The van der Waals surface area contributed by atoms with Crippen molar-refractivity contribution in [2.24, 2.45) is 5.73 Å². The molecule has 33 heavy (non-hydrogen) atoms. The first kappa shape index (κ1) is 23.8. The number of carbonyl (C=O) groups is 2. The summed E-state index contributed by atoms with van der Waals surface area (Å²) in [5.74, 6) is -1.52. The third-order valence-electron chi connectivity index (χ3n) is 4.79. The van der Waals surface area contributed by atoms with Gasteiger partial charge in [-0.1, -0.05) is 30.3 Å². The Morgan fingerprint density at radius 1 is 1.12 bits per heavy atom. The predicted octanol–water partition coefficient (Wildman–Crippen LogP) is 3.35. The normalized spacial score (nSPS) is 12.2. The van der Waals surface area contributed by atoms with Crippen molar-refractivity contribution in [3.8, 4) is 17.2 Å². The van der Waals surface area contributed by atoms with Gasteiger partial charge in [-0.3, -0.25) is 9.59 Å². The third kappa shape index (κ3) is 6.58. The van der Waals surface area contributed by atoms with Crippen molar-refractivity contribution < 1.29 is 31.9 Å². The van der Waals surface area contributed by atoms with Crippen LogP contribution in [0, 0.1) is 6.92 Å². The average molecular weight is 461 g/mol. The molecule has 0 saturated heterocycles. The molecule has 1 heterocycles. The summed E-state index contributed by atoms with van der Waals surface area (Å²) in [6.45, 7) is 2.16. The highest BCUT2D eigenvalue weighted by Crippen LogP contribution is 2.22. The zero-order valence-corrected chi connectivity index (χ0v) is 17.7. The van der Waals surface area contributed by atoms with E-state index >= 15 is 0 Å². The Kier molecular flexibility index (Phi) is 7.37. The fourth-order valence-corrected chi connectivity index (χ4v) is 3.05. The van der Waals surface area contributed by atoms with Crippen LogP contribution in [0.5, 0.6) is 5.75 Å². The number of alkyl halides is 3. The number of nitrogens with one attached hydrogen (secondary N) is 1. The lowest BCUT2D eigenvalue weighted by atomic mass is 10.1. The molecule has 0 spiro atoms. The first-order valence-electron chi connectivity index (χ1n) is 10.0. The molecule has 7 nitrogen and oxygen atoms in total. The van der Waals surface area contributed by atoms with Gasteiger partial charge in [0.25, 0.3) is 0 Å². The zero-order valence-electron chi connectivity index (χ0n) is 17.7. The molecule has 0 saturated carbocycles. The van der Waals surface area contributed by atoms with Gasteiger partial charge in [0.15, 0.2) is 0 Å². The summed E-state index contributed by atoms with van der Waals surface area (Å²) in [4.78, 5) is 27.0. The summed E-state index contributed by atoms with van der Waals surface area (Å²) in [6, 6.07) is 14.4. The molecule has 2 aromatic carbocycles. The summed E-state index contributed by atoms with van der Waals surface area (Å²) in [6.07, 6.45) is -4.77. The van der Waals surface area contributed by atoms with Gasteiger partial charge < -0.3 is 20.2 Å². The number of rotatable bonds is 9. The molecule has 0 unspecified atom stereocenters. The van der Waals surface area contributed by atoms with Crippen molar-refractivity contribution in [2.75, 3.05) is 6.61 Å². The number of carbonyl (C=O) groups excluding carboxylic acids is 2. The number of aryl methyl sites for hydroxylation is 1. The molecule has 0 radical (unpaired) electrons. The fourth-order valence-electron chi connectivity index (χ4n) is 3.05. The number of hydrogen-bond acceptors (Lipinski definition) is 5. The van der Waals surface area contributed by atoms with Crippen LogP contribution in [0.1, 0.15) is 17.0 Å². The van der Waals surface area contributed by atoms with Gasteiger partial charge in [-0.2, -0.15) is 13.2 Å². The molecule has 0 aliphatic heterocycles. The second kappa shape index (κ2) is 10.2. The first-order chi connectivity index (χ1) is 15.6. The van der Waals surface area contributed by atoms with Crippen LogP contribution in [0.4, 0.5) is 13.2 Å². The van der Waals surface area contributed by atoms with Gasteiger partial charge in [-0.25, -0.2) is 4.98 Å². The Labute approximate surface area is 187 Å². The van der Waals surface area contributed by atoms with Crippen LogP contribution in [0.25, 0.3) is 11.5 Å². The number of ether oxygens (including phenoxy) is 1. The van der Waals surface area contributed by atoms with E-state index in [1.807, 2.05) is 37.3 Å². The van der Waals surface area contributed by atoms with Crippen molar-refractivity contribution in [3.05, 3.63) is 71.6 Å². The van der Waals surface area contributed by atoms with E-state index in [9.17, 15) is 22.8 Å². The molecule has 0 aliphatic rings. The molecule has 0 fully saturated rings. The van der Waals surface area contributed by atoms with E-state index in [0.29, 0.717) is 36.0 Å². The number of amides is 2. The molecule has 2 amide bonds. The van der Waals surface area contributed by atoms with Crippen LogP contribution in [0.15, 0.2) is 59.0 Å². The maximum Gasteiger partial charge on any atom is 0.471 e. The molecule has 0 aliphatic carbocycles. The Morgan fingerprint density at radius 2 is 1.79 bits per heavy atom. The summed E-state index contributed by atoms with van der Waals surface area (Å²) in [7, 11) is 0. The van der Waals surface area contributed by atoms with Gasteiger partial charge in [0, 0.05) is 18.4 Å². The zero-order chi connectivity index (χ0) is 24.0. The molecule has 3 rings (SSSR count). The van der Waals surface area contributed by atoms with Crippen LogP contribution in [0.3, 0.4) is 0 Å². The fraction of sp³-hybridized carbons (Fsp3) is 0.261. The standard InChI is InChI=1S/C23H22F3N3O4/c1-14-18(28-21(33-14)16-5-3-2-4-6-16)11-12-32-17-9-7-15(8-10-17)13-19(20(27)30)29-22(31)23(24,25)26/h2-10,19H,11-13H2,1H3,(H2,27,30)(H,29,31)/t19-/m0/s1. The van der Waals surface area contributed by atoms with Crippen LogP contribution in [-0.2, 0) is 22.4 Å². The predicted molar refractivity (Wildman–Crippen MR) is 113 cm³/mol. The van der Waals surface area contributed by atoms with E-state index in [1.165, 1.54) is 0 Å². The number of halogens is 3. The lowest BCUT2D eigenvalue weighted by Crippen LogP contribution is -2.50. The first-order valence-corrected chi connectivity index (χ1v) is 10.0. The second-order valence-electron chi connectivity index (χ2n) is 7.26. The van der Waals surface area contributed by atoms with Crippen molar-refractivity contribution in [1.29, 1.82) is 0 Å². The monoisotopic (exact) mass is 461 g/mol. The third-order valence-corrected chi connectivity index (χ3v) is 4.79. The van der Waals surface area contributed by atoms with E-state index in [4.69, 9.17) is 14.9 Å². The maximum absolute atomic E-state index is 12.4. The number of hydrogen-bond donors (Lipinski definition) is 2. The average Bonchev–Trinajstić information content (AvgIpc) is 3.14. The molecule has 174 valence electrons. The molecule has 3 aromatic rings. The molecule has 10 heteroatoms. The highest BCUT2D eigenvalue weighted by Gasteiger charge is 2.40. The van der Waals surface area contributed by atoms with Crippen LogP contribution < -0.4 is 15.8 Å². The molecular formula is C23H22F3N3O4. The molecule has 1 atom stereocenters. The van der Waals surface area contributed by atoms with Gasteiger partial charge in [-0.05, 0) is 36.8 Å². The van der Waals surface area contributed by atoms with Crippen molar-refractivity contribution in [3.63, 3.8) is 0 Å². The summed E-state index contributed by atoms with van der Waals surface area (Å²) < 4.78 is 48.7. The van der Waals surface area contributed by atoms with E-state index in [2.05, 4.69) is 4.98 Å². The van der Waals surface area contributed by atoms with Crippen molar-refractivity contribution in [1.82, 2.24) is 10.3 Å². The number of aromatic nitrogens is 1. The maximum atomic E-state index is 12.4. The number of nitrogens with two attached hydrogens (primary N) is 1.